The summed E-state index contributed by atoms with van der Waals surface area (Å²) in [6.07, 6.45) is 0. The molecule has 2 spiro atoms. The van der Waals surface area contributed by atoms with E-state index in [9.17, 15) is 10.5 Å². The van der Waals surface area contributed by atoms with Gasteiger partial charge in [0.15, 0.2) is 34.9 Å². The Morgan fingerprint density at radius 2 is 0.397 bits per heavy atom. The Hall–Kier alpha value is -15.9. The van der Waals surface area contributed by atoms with E-state index < -0.39 is 10.8 Å². The van der Waals surface area contributed by atoms with Crippen molar-refractivity contribution in [1.29, 1.82) is 10.5 Å². The first-order valence-corrected chi connectivity index (χ1v) is 38.7. The molecule has 0 atom stereocenters. The zero-order valence-electron chi connectivity index (χ0n) is 62.2. The van der Waals surface area contributed by atoms with Crippen molar-refractivity contribution in [1.82, 2.24) is 29.9 Å². The molecule has 2 aromatic heterocycles. The average Bonchev–Trinajstić information content (AvgIpc) is 1.64. The molecule has 0 unspecified atom stereocenters. The lowest BCUT2D eigenvalue weighted by atomic mass is 9.65. The summed E-state index contributed by atoms with van der Waals surface area (Å²) in [7, 11) is 0. The molecule has 0 saturated carbocycles. The van der Waals surface area contributed by atoms with Crippen LogP contribution in [0.2, 0.25) is 0 Å². The fraction of sp³-hybridized carbons (Fsp3) is 0.0189. The molecule has 0 N–H and O–H groups in total. The summed E-state index contributed by atoms with van der Waals surface area (Å²) in [5, 5.41) is 19.2. The van der Waals surface area contributed by atoms with Crippen molar-refractivity contribution in [2.45, 2.75) is 10.8 Å². The van der Waals surface area contributed by atoms with Gasteiger partial charge in [-0.3, -0.25) is 0 Å². The minimum atomic E-state index is -0.785. The van der Waals surface area contributed by atoms with E-state index in [0.29, 0.717) is 46.1 Å². The lowest BCUT2D eigenvalue weighted by Crippen LogP contribution is -2.32. The molecule has 0 bridgehead atoms. The fourth-order valence-corrected chi connectivity index (χ4v) is 18.0. The molecule has 2 aliphatic heterocycles. The topological polar surface area (TPSA) is 143 Å². The summed E-state index contributed by atoms with van der Waals surface area (Å²) in [5.41, 5.74) is 28.7. The fourth-order valence-electron chi connectivity index (χ4n) is 18.0. The molecule has 0 saturated heterocycles. The number of rotatable bonds is 11. The number of ether oxygens (including phenoxy) is 2. The van der Waals surface area contributed by atoms with E-state index in [-0.39, 0.29) is 0 Å². The second kappa shape index (κ2) is 27.0. The smallest absolute Gasteiger partial charge is 0.164 e. The van der Waals surface area contributed by atoms with Crippen LogP contribution in [0.15, 0.2) is 376 Å². The maximum absolute atomic E-state index is 9.69. The molecular formula is C106H62N8O2. The monoisotopic (exact) mass is 1480 g/mol. The summed E-state index contributed by atoms with van der Waals surface area (Å²) in [6, 6.07) is 135. The Labute approximate surface area is 669 Å². The van der Waals surface area contributed by atoms with Gasteiger partial charge in [-0.1, -0.05) is 291 Å². The third kappa shape index (κ3) is 10.8. The minimum absolute atomic E-state index is 0.530. The Morgan fingerprint density at radius 1 is 0.181 bits per heavy atom. The molecule has 10 heteroatoms. The van der Waals surface area contributed by atoms with Crippen LogP contribution in [0.4, 0.5) is 0 Å². The molecule has 10 nitrogen and oxygen atoms in total. The predicted molar refractivity (Wildman–Crippen MR) is 457 cm³/mol. The van der Waals surface area contributed by atoms with Gasteiger partial charge < -0.3 is 9.47 Å². The van der Waals surface area contributed by atoms with Crippen LogP contribution < -0.4 is 9.47 Å². The molecule has 538 valence electrons. The van der Waals surface area contributed by atoms with Crippen LogP contribution in [0.5, 0.6) is 23.0 Å². The highest BCUT2D eigenvalue weighted by Gasteiger charge is 2.53. The molecule has 4 aliphatic rings. The molecule has 2 aliphatic carbocycles. The Kier molecular flexibility index (Phi) is 15.6. The van der Waals surface area contributed by atoms with Gasteiger partial charge in [-0.05, 0) is 185 Å². The quantitative estimate of drug-likeness (QED) is 0.123. The summed E-state index contributed by atoms with van der Waals surface area (Å²) in [4.78, 5) is 31.6. The van der Waals surface area contributed by atoms with Crippen LogP contribution in [-0.4, -0.2) is 29.9 Å². The second-order valence-corrected chi connectivity index (χ2v) is 29.8. The summed E-state index contributed by atoms with van der Waals surface area (Å²) < 4.78 is 14.0. The SMILES string of the molecule is N#Cc1ccc(-c2ccc(-c3ccc4c(c3)C3(c5cc(-c6nc(-c7ccccc7)nc(-c7ccc(-c8ccc(-c9nc(-c%10ccccc%10)nc(-c%10cccc(-c%11ccc%12c(c%11)C%11(c%13cc(-c%14ccc(C#N)cc%14)ccc%13O%12)c%12ccccc%12-c%12ccccc%12%11)c%10)n9)cc8)cc7)n6)ccc5O4)c4ccccc4-c4ccccc43)cc2)cc1. The van der Waals surface area contributed by atoms with Gasteiger partial charge in [0.2, 0.25) is 0 Å². The Morgan fingerprint density at radius 3 is 0.733 bits per heavy atom. The highest BCUT2D eigenvalue weighted by Crippen LogP contribution is 2.65. The molecule has 0 amide bonds. The van der Waals surface area contributed by atoms with Crippen molar-refractivity contribution < 1.29 is 9.47 Å². The van der Waals surface area contributed by atoms with Crippen molar-refractivity contribution in [3.63, 3.8) is 0 Å². The molecule has 4 heterocycles. The van der Waals surface area contributed by atoms with E-state index in [1.54, 1.807) is 0 Å². The zero-order chi connectivity index (χ0) is 77.0. The molecule has 16 aromatic carbocycles. The number of hydrogen-bond acceptors (Lipinski definition) is 10. The van der Waals surface area contributed by atoms with Gasteiger partial charge in [0.25, 0.3) is 0 Å². The Balaban J connectivity index is 0.593. The van der Waals surface area contributed by atoms with E-state index in [1.165, 1.54) is 44.5 Å². The molecule has 0 radical (unpaired) electrons. The number of aromatic nitrogens is 6. The summed E-state index contributed by atoms with van der Waals surface area (Å²) in [5.74, 6) is 6.41. The standard InChI is InChI=1S/C106H62N8O2/c107-63-65-30-34-67(35-31-65)68-38-40-72(41-39-68)79-51-55-96-92(60-79)106(89-28-13-9-24-85(89)86-25-10-14-29-90(86)106)94-62-82(53-57-98(94)116-96)104-112-100(74-18-5-2-6-19-74)110-102(114-104)76-48-44-70(45-49-76)69-42-46-75(47-43-69)101-109-99(73-16-3-1-4-17-73)111-103(113-101)81-21-15-20-77(58-81)80-52-56-97-93(61-80)105(87-26-11-7-22-83(87)84-23-8-12-27-88(84)105)91-59-78(50-54-95(91)115-97)71-36-32-66(64-108)33-37-71/h1-62H. The average molecular weight is 1480 g/mol. The van der Waals surface area contributed by atoms with Crippen molar-refractivity contribution in [2.24, 2.45) is 0 Å². The normalized spacial score (nSPS) is 12.9. The number of benzene rings is 16. The van der Waals surface area contributed by atoms with Gasteiger partial charge >= 0.3 is 0 Å². The van der Waals surface area contributed by atoms with Gasteiger partial charge in [-0.25, -0.2) is 29.9 Å². The summed E-state index contributed by atoms with van der Waals surface area (Å²) in [6.45, 7) is 0. The van der Waals surface area contributed by atoms with Crippen molar-refractivity contribution in [2.75, 3.05) is 0 Å². The number of nitriles is 2. The molecule has 116 heavy (non-hydrogen) atoms. The van der Waals surface area contributed by atoms with Crippen LogP contribution in [0, 0.1) is 22.7 Å². The first kappa shape index (κ1) is 67.1. The van der Waals surface area contributed by atoms with Gasteiger partial charge in [0.1, 0.15) is 23.0 Å². The largest absolute Gasteiger partial charge is 0.457 e. The lowest BCUT2D eigenvalue weighted by Gasteiger charge is -2.40. The van der Waals surface area contributed by atoms with E-state index >= 15 is 0 Å². The van der Waals surface area contributed by atoms with Gasteiger partial charge in [0, 0.05) is 55.6 Å². The molecule has 18 aromatic rings. The van der Waals surface area contributed by atoms with Crippen LogP contribution in [0.3, 0.4) is 0 Å². The van der Waals surface area contributed by atoms with E-state index in [1.807, 2.05) is 109 Å². The summed E-state index contributed by atoms with van der Waals surface area (Å²) >= 11 is 0. The minimum Gasteiger partial charge on any atom is -0.457 e. The van der Waals surface area contributed by atoms with E-state index in [4.69, 9.17) is 39.4 Å². The third-order valence-corrected chi connectivity index (χ3v) is 23.5. The van der Waals surface area contributed by atoms with E-state index in [0.717, 1.165) is 134 Å². The zero-order valence-corrected chi connectivity index (χ0v) is 62.2. The molecular weight excluding hydrogens is 1420 g/mol. The van der Waals surface area contributed by atoms with Crippen molar-refractivity contribution >= 4 is 0 Å². The van der Waals surface area contributed by atoms with Crippen LogP contribution in [0.1, 0.15) is 55.6 Å². The maximum Gasteiger partial charge on any atom is 0.164 e. The second-order valence-electron chi connectivity index (χ2n) is 29.8. The van der Waals surface area contributed by atoms with Crippen LogP contribution in [0.25, 0.3) is 146 Å². The first-order chi connectivity index (χ1) is 57.3. The molecule has 0 fully saturated rings. The molecule has 22 rings (SSSR count). The van der Waals surface area contributed by atoms with Crippen LogP contribution >= 0.6 is 0 Å². The Bertz CT molecular complexity index is 7040. The van der Waals surface area contributed by atoms with Crippen LogP contribution in [-0.2, 0) is 10.8 Å². The number of fused-ring (bicyclic) bond motifs is 18. The van der Waals surface area contributed by atoms with Crippen molar-refractivity contribution in [3.05, 3.63) is 432 Å². The predicted octanol–water partition coefficient (Wildman–Crippen LogP) is 25.1. The van der Waals surface area contributed by atoms with Gasteiger partial charge in [0.05, 0.1) is 34.1 Å². The van der Waals surface area contributed by atoms with E-state index in [2.05, 4.69) is 279 Å². The highest BCUT2D eigenvalue weighted by molar-refractivity contribution is 5.93. The van der Waals surface area contributed by atoms with Gasteiger partial charge in [-0.15, -0.1) is 0 Å². The van der Waals surface area contributed by atoms with Gasteiger partial charge in [-0.2, -0.15) is 10.5 Å². The number of hydrogen-bond donors (Lipinski definition) is 0. The van der Waals surface area contributed by atoms with Crippen molar-refractivity contribution in [3.8, 4) is 181 Å². The third-order valence-electron chi connectivity index (χ3n) is 23.5. The highest BCUT2D eigenvalue weighted by atomic mass is 16.5. The number of nitrogens with zero attached hydrogens (tertiary/aromatic N) is 8. The maximum atomic E-state index is 9.69. The first-order valence-electron chi connectivity index (χ1n) is 38.7. The lowest BCUT2D eigenvalue weighted by molar-refractivity contribution is 0.436.